The number of rotatable bonds is 3. The molecule has 1 aliphatic carbocycles. The van der Waals surface area contributed by atoms with Gasteiger partial charge in [0.05, 0.1) is 0 Å². The fourth-order valence-electron chi connectivity index (χ4n) is 3.99. The van der Waals surface area contributed by atoms with Crippen molar-refractivity contribution in [1.82, 2.24) is 10.6 Å². The molecular weight excluding hydrogens is 305 g/mol. The Morgan fingerprint density at radius 3 is 2.83 bits per heavy atom. The lowest BCUT2D eigenvalue weighted by Crippen LogP contribution is -2.29. The quantitative estimate of drug-likeness (QED) is 0.897. The Bertz CT molecular complexity index is 776. The molecule has 1 amide bonds. The fourth-order valence-corrected chi connectivity index (χ4v) is 3.99. The van der Waals surface area contributed by atoms with Crippen LogP contribution >= 0.6 is 0 Å². The van der Waals surface area contributed by atoms with Gasteiger partial charge in [-0.2, -0.15) is 4.39 Å². The molecule has 4 nitrogen and oxygen atoms in total. The van der Waals surface area contributed by atoms with Gasteiger partial charge in [0, 0.05) is 36.4 Å². The van der Waals surface area contributed by atoms with Crippen molar-refractivity contribution in [2.45, 2.75) is 25.3 Å². The van der Waals surface area contributed by atoms with Gasteiger partial charge in [0.25, 0.3) is 0 Å². The lowest BCUT2D eigenvalue weighted by molar-refractivity contribution is -0.116. The second-order valence-corrected chi connectivity index (χ2v) is 6.67. The molecule has 2 aliphatic heterocycles. The van der Waals surface area contributed by atoms with Crippen LogP contribution in [-0.2, 0) is 11.3 Å². The zero-order chi connectivity index (χ0) is 16.7. The molecule has 0 fully saturated rings. The lowest BCUT2D eigenvalue weighted by Gasteiger charge is -2.30. The zero-order valence-electron chi connectivity index (χ0n) is 13.6. The number of hydrogen-bond donors (Lipinski definition) is 2. The predicted molar refractivity (Wildman–Crippen MR) is 91.3 cm³/mol. The minimum Gasteiger partial charge on any atom is -0.352 e. The van der Waals surface area contributed by atoms with Crippen molar-refractivity contribution in [1.29, 1.82) is 0 Å². The number of nitrogens with one attached hydrogen (secondary N) is 2. The zero-order valence-corrected chi connectivity index (χ0v) is 13.6. The summed E-state index contributed by atoms with van der Waals surface area (Å²) in [6.07, 6.45) is 2.99. The van der Waals surface area contributed by atoms with Gasteiger partial charge in [-0.1, -0.05) is 24.3 Å². The average molecular weight is 325 g/mol. The van der Waals surface area contributed by atoms with Crippen molar-refractivity contribution in [2.75, 3.05) is 13.6 Å². The van der Waals surface area contributed by atoms with Crippen molar-refractivity contribution in [3.05, 3.63) is 58.3 Å². The minimum absolute atomic E-state index is 0.130. The molecule has 4 rings (SSSR count). The van der Waals surface area contributed by atoms with E-state index >= 15 is 0 Å². The summed E-state index contributed by atoms with van der Waals surface area (Å²) < 4.78 is 14.2. The van der Waals surface area contributed by atoms with Crippen LogP contribution in [-0.4, -0.2) is 25.5 Å². The van der Waals surface area contributed by atoms with Crippen LogP contribution in [0.1, 0.15) is 29.9 Å². The molecule has 0 radical (unpaired) electrons. The molecule has 0 aromatic heterocycles. The van der Waals surface area contributed by atoms with E-state index in [1.54, 1.807) is 0 Å². The smallest absolute Gasteiger partial charge is 0.244 e. The van der Waals surface area contributed by atoms with Gasteiger partial charge < -0.3 is 10.6 Å². The van der Waals surface area contributed by atoms with E-state index in [0.29, 0.717) is 18.0 Å². The first-order valence-electron chi connectivity index (χ1n) is 8.36. The van der Waals surface area contributed by atoms with E-state index in [1.807, 2.05) is 7.05 Å². The summed E-state index contributed by atoms with van der Waals surface area (Å²) in [6, 6.07) is 8.58. The number of halogens is 1. The maximum absolute atomic E-state index is 14.2. The molecule has 3 aliphatic rings. The van der Waals surface area contributed by atoms with Gasteiger partial charge in [-0.15, -0.1) is 0 Å². The molecule has 0 saturated heterocycles. The van der Waals surface area contributed by atoms with Crippen LogP contribution in [0, 0.1) is 5.92 Å². The molecule has 124 valence electrons. The van der Waals surface area contributed by atoms with Crippen molar-refractivity contribution in [2.24, 2.45) is 10.9 Å². The normalized spacial score (nSPS) is 25.7. The summed E-state index contributed by atoms with van der Waals surface area (Å²) >= 11 is 0. The minimum atomic E-state index is -0.507. The monoisotopic (exact) mass is 325 g/mol. The second-order valence-electron chi connectivity index (χ2n) is 6.67. The van der Waals surface area contributed by atoms with E-state index < -0.39 is 5.97 Å². The maximum Gasteiger partial charge on any atom is 0.244 e. The topological polar surface area (TPSA) is 53.5 Å². The molecule has 0 saturated carbocycles. The number of allylic oxidation sites excluding steroid dienone is 2. The van der Waals surface area contributed by atoms with E-state index in [1.165, 1.54) is 17.2 Å². The number of amides is 1. The van der Waals surface area contributed by atoms with Crippen LogP contribution in [0.15, 0.2) is 52.2 Å². The number of hydrogen-bond acceptors (Lipinski definition) is 3. The third-order valence-corrected chi connectivity index (χ3v) is 5.10. The number of aliphatic imine (C=N–C) groups is 1. The largest absolute Gasteiger partial charge is 0.352 e. The van der Waals surface area contributed by atoms with Crippen LogP contribution in [0.4, 0.5) is 4.39 Å². The third kappa shape index (κ3) is 2.59. The summed E-state index contributed by atoms with van der Waals surface area (Å²) in [7, 11) is 1.93. The summed E-state index contributed by atoms with van der Waals surface area (Å²) in [5.41, 5.74) is 4.65. The fraction of sp³-hybridized carbons (Fsp3) is 0.368. The van der Waals surface area contributed by atoms with Gasteiger partial charge in [0.2, 0.25) is 11.9 Å². The summed E-state index contributed by atoms with van der Waals surface area (Å²) in [4.78, 5) is 15.9. The molecule has 0 unspecified atom stereocenters. The first-order chi connectivity index (χ1) is 11.7. The SMILES string of the molecule is CNCc1ccc([C@H]2CC3=C4C(=CC(=O)NC[C@H]4C2)C(F)=N3)cc1. The first-order valence-corrected chi connectivity index (χ1v) is 8.36. The second kappa shape index (κ2) is 5.98. The Kier molecular flexibility index (Phi) is 3.81. The van der Waals surface area contributed by atoms with Crippen LogP contribution in [0.5, 0.6) is 0 Å². The maximum atomic E-state index is 14.2. The van der Waals surface area contributed by atoms with Gasteiger partial charge in [0.1, 0.15) is 0 Å². The van der Waals surface area contributed by atoms with Crippen molar-refractivity contribution >= 4 is 11.9 Å². The van der Waals surface area contributed by atoms with Crippen LogP contribution in [0.25, 0.3) is 0 Å². The Morgan fingerprint density at radius 1 is 1.29 bits per heavy atom. The van der Waals surface area contributed by atoms with E-state index in [4.69, 9.17) is 0 Å². The first kappa shape index (κ1) is 15.3. The number of benzene rings is 1. The van der Waals surface area contributed by atoms with E-state index in [2.05, 4.69) is 39.9 Å². The average Bonchev–Trinajstić information content (AvgIpc) is 2.78. The summed E-state index contributed by atoms with van der Waals surface area (Å²) in [5, 5.41) is 6.01. The van der Waals surface area contributed by atoms with Gasteiger partial charge >= 0.3 is 0 Å². The molecule has 1 aromatic rings. The predicted octanol–water partition coefficient (Wildman–Crippen LogP) is 2.59. The summed E-state index contributed by atoms with van der Waals surface area (Å²) in [6.45, 7) is 1.40. The standard InChI is InChI=1S/C19H20FN3O/c1-21-9-11-2-4-12(5-3-11)13-6-14-10-22-17(24)8-15-18(14)16(7-13)23-19(15)20/h2-5,8,13-14,21H,6-7,9-10H2,1H3,(H,22,24)/t13-,14-/m1/s1. The van der Waals surface area contributed by atoms with Crippen LogP contribution in [0.3, 0.4) is 0 Å². The van der Waals surface area contributed by atoms with Crippen molar-refractivity contribution in [3.63, 3.8) is 0 Å². The van der Waals surface area contributed by atoms with Gasteiger partial charge in [0.15, 0.2) is 0 Å². The van der Waals surface area contributed by atoms with Crippen LogP contribution < -0.4 is 10.6 Å². The van der Waals surface area contributed by atoms with E-state index in [0.717, 1.165) is 30.7 Å². The Morgan fingerprint density at radius 2 is 2.08 bits per heavy atom. The van der Waals surface area contributed by atoms with Gasteiger partial charge in [-0.25, -0.2) is 4.99 Å². The molecule has 24 heavy (non-hydrogen) atoms. The highest BCUT2D eigenvalue weighted by Gasteiger charge is 2.38. The van der Waals surface area contributed by atoms with Crippen LogP contribution in [0.2, 0.25) is 0 Å². The third-order valence-electron chi connectivity index (χ3n) is 5.10. The van der Waals surface area contributed by atoms with Gasteiger partial charge in [-0.05, 0) is 42.5 Å². The number of nitrogens with zero attached hydrogens (tertiary/aromatic N) is 1. The Hall–Kier alpha value is -2.27. The molecular formula is C19H20FN3O. The molecule has 5 heteroatoms. The number of carbonyl (C=O) groups is 1. The van der Waals surface area contributed by atoms with Crippen molar-refractivity contribution < 1.29 is 9.18 Å². The van der Waals surface area contributed by atoms with Crippen molar-refractivity contribution in [3.8, 4) is 0 Å². The lowest BCUT2D eigenvalue weighted by atomic mass is 9.75. The van der Waals surface area contributed by atoms with E-state index in [9.17, 15) is 9.18 Å². The Balaban J connectivity index is 1.64. The molecule has 2 atom stereocenters. The number of carbonyl (C=O) groups excluding carboxylic acids is 1. The highest BCUT2D eigenvalue weighted by Crippen LogP contribution is 2.46. The molecule has 1 aromatic carbocycles. The molecule has 2 N–H and O–H groups in total. The van der Waals surface area contributed by atoms with E-state index in [-0.39, 0.29) is 11.8 Å². The van der Waals surface area contributed by atoms with Gasteiger partial charge in [-0.3, -0.25) is 4.79 Å². The molecule has 0 spiro atoms. The molecule has 2 heterocycles. The summed E-state index contributed by atoms with van der Waals surface area (Å²) in [5.74, 6) is -0.299. The highest BCUT2D eigenvalue weighted by molar-refractivity contribution is 6.07. The molecule has 0 bridgehead atoms. The Labute approximate surface area is 140 Å². The highest BCUT2D eigenvalue weighted by atomic mass is 19.1.